The number of hydrogen-bond acceptors (Lipinski definition) is 5. The zero-order chi connectivity index (χ0) is 24.2. The second-order valence-electron chi connectivity index (χ2n) is 8.80. The molecule has 0 amide bonds. The minimum Gasteiger partial charge on any atom is -0.378 e. The number of halogens is 1. The number of ether oxygens (including phenoxy) is 1. The van der Waals surface area contributed by atoms with Crippen LogP contribution in [-0.2, 0) is 4.74 Å². The summed E-state index contributed by atoms with van der Waals surface area (Å²) in [6.45, 7) is 8.33. The van der Waals surface area contributed by atoms with Gasteiger partial charge in [-0.3, -0.25) is 9.59 Å². The van der Waals surface area contributed by atoms with Gasteiger partial charge in [0.05, 0.1) is 18.9 Å². The minimum atomic E-state index is -0.452. The highest BCUT2D eigenvalue weighted by Crippen LogP contribution is 2.26. The van der Waals surface area contributed by atoms with E-state index in [0.717, 1.165) is 24.5 Å². The van der Waals surface area contributed by atoms with E-state index in [0.29, 0.717) is 24.5 Å². The Morgan fingerprint density at radius 3 is 2.35 bits per heavy atom. The lowest BCUT2D eigenvalue weighted by atomic mass is 9.96. The molecule has 4 rings (SSSR count). The second-order valence-corrected chi connectivity index (χ2v) is 8.80. The molecule has 2 aromatic heterocycles. The van der Waals surface area contributed by atoms with Crippen LogP contribution in [0.5, 0.6) is 0 Å². The summed E-state index contributed by atoms with van der Waals surface area (Å²) in [5.41, 5.74) is 1.22. The number of aromatic nitrogens is 4. The Bertz CT molecular complexity index is 1370. The third-order valence-corrected chi connectivity index (χ3v) is 6.03. The van der Waals surface area contributed by atoms with Crippen molar-refractivity contribution in [2.75, 3.05) is 19.8 Å². The molecule has 1 saturated heterocycles. The molecule has 1 aliphatic heterocycles. The quantitative estimate of drug-likeness (QED) is 0.435. The predicted molar refractivity (Wildman–Crippen MR) is 129 cm³/mol. The molecule has 8 nitrogen and oxygen atoms in total. The fourth-order valence-electron chi connectivity index (χ4n) is 4.22. The number of H-pyrrole nitrogens is 3. The van der Waals surface area contributed by atoms with Crippen LogP contribution in [0.15, 0.2) is 33.9 Å². The lowest BCUT2D eigenvalue weighted by Crippen LogP contribution is -2.46. The molecule has 1 fully saturated rings. The maximum absolute atomic E-state index is 13.1. The fraction of sp³-hybridized carbons (Fsp3) is 0.400. The van der Waals surface area contributed by atoms with Crippen molar-refractivity contribution in [1.29, 1.82) is 0 Å². The van der Waals surface area contributed by atoms with Gasteiger partial charge in [0, 0.05) is 24.2 Å². The molecule has 3 heterocycles. The number of imidazole rings is 1. The van der Waals surface area contributed by atoms with Gasteiger partial charge >= 0.3 is 0 Å². The van der Waals surface area contributed by atoms with Gasteiger partial charge in [0.1, 0.15) is 22.3 Å². The van der Waals surface area contributed by atoms with Crippen LogP contribution < -0.4 is 27.1 Å². The molecule has 0 aliphatic carbocycles. The lowest BCUT2D eigenvalue weighted by molar-refractivity contribution is 0.0664. The Morgan fingerprint density at radius 2 is 1.76 bits per heavy atom. The Kier molecular flexibility index (Phi) is 7.23. The van der Waals surface area contributed by atoms with Gasteiger partial charge in [0.15, 0.2) is 0 Å². The van der Waals surface area contributed by atoms with Gasteiger partial charge < -0.3 is 25.0 Å². The molecular formula is C25H30FN5O3. The third kappa shape index (κ3) is 5.26. The topological polar surface area (TPSA) is 116 Å². The minimum absolute atomic E-state index is 0.0926. The van der Waals surface area contributed by atoms with E-state index in [1.165, 1.54) is 30.3 Å². The van der Waals surface area contributed by atoms with Crippen molar-refractivity contribution >= 4 is 12.2 Å². The molecule has 2 atom stereocenters. The number of aromatic amines is 3. The van der Waals surface area contributed by atoms with Crippen LogP contribution in [-0.4, -0.2) is 45.7 Å². The molecule has 9 heteroatoms. The summed E-state index contributed by atoms with van der Waals surface area (Å²) in [5, 5.41) is 3.71. The van der Waals surface area contributed by atoms with Gasteiger partial charge in [-0.2, -0.15) is 0 Å². The Hall–Kier alpha value is -3.30. The zero-order valence-corrected chi connectivity index (χ0v) is 19.6. The Labute approximate surface area is 196 Å². The van der Waals surface area contributed by atoms with Crippen molar-refractivity contribution in [3.8, 4) is 0 Å². The normalized spacial score (nSPS) is 18.6. The SMILES string of the molecule is CCC(c1nc(/C=c2\[nH]c(=O)/c(=C/c3ccc(F)cc3)[nH]c2=O)c(C(C)C)[nH]1)C1COCCN1. The van der Waals surface area contributed by atoms with Gasteiger partial charge in [0.2, 0.25) is 0 Å². The van der Waals surface area contributed by atoms with Crippen molar-refractivity contribution in [3.63, 3.8) is 0 Å². The summed E-state index contributed by atoms with van der Waals surface area (Å²) in [6.07, 6.45) is 3.98. The van der Waals surface area contributed by atoms with Crippen LogP contribution >= 0.6 is 0 Å². The second kappa shape index (κ2) is 10.3. The summed E-state index contributed by atoms with van der Waals surface area (Å²) in [5.74, 6) is 0.726. The molecule has 0 radical (unpaired) electrons. The first kappa shape index (κ1) is 23.8. The average Bonchev–Trinajstić information content (AvgIpc) is 3.23. The number of nitrogens with zero attached hydrogens (tertiary/aromatic N) is 1. The number of benzene rings is 1. The van der Waals surface area contributed by atoms with Crippen LogP contribution in [0.3, 0.4) is 0 Å². The van der Waals surface area contributed by atoms with Crippen LogP contribution in [0.1, 0.15) is 61.8 Å². The monoisotopic (exact) mass is 467 g/mol. The smallest absolute Gasteiger partial charge is 0.272 e. The summed E-state index contributed by atoms with van der Waals surface area (Å²) >= 11 is 0. The van der Waals surface area contributed by atoms with Crippen molar-refractivity contribution < 1.29 is 9.13 Å². The molecule has 1 aromatic carbocycles. The molecule has 180 valence electrons. The van der Waals surface area contributed by atoms with Gasteiger partial charge in [-0.05, 0) is 42.2 Å². The number of rotatable bonds is 6. The Balaban J connectivity index is 1.74. The summed E-state index contributed by atoms with van der Waals surface area (Å²) < 4.78 is 18.8. The van der Waals surface area contributed by atoms with Crippen LogP contribution in [0.4, 0.5) is 4.39 Å². The van der Waals surface area contributed by atoms with Gasteiger partial charge in [-0.1, -0.05) is 32.9 Å². The van der Waals surface area contributed by atoms with Crippen molar-refractivity contribution in [3.05, 3.63) is 84.3 Å². The highest BCUT2D eigenvalue weighted by atomic mass is 19.1. The molecule has 0 spiro atoms. The first-order valence-electron chi connectivity index (χ1n) is 11.6. The average molecular weight is 468 g/mol. The molecule has 34 heavy (non-hydrogen) atoms. The lowest BCUT2D eigenvalue weighted by Gasteiger charge is -2.29. The van der Waals surface area contributed by atoms with E-state index in [-0.39, 0.29) is 34.4 Å². The summed E-state index contributed by atoms with van der Waals surface area (Å²) in [4.78, 5) is 39.0. The van der Waals surface area contributed by atoms with E-state index in [2.05, 4.69) is 27.2 Å². The highest BCUT2D eigenvalue weighted by Gasteiger charge is 2.27. The number of hydrogen-bond donors (Lipinski definition) is 4. The molecule has 1 aliphatic rings. The fourth-order valence-corrected chi connectivity index (χ4v) is 4.22. The molecule has 2 unspecified atom stereocenters. The zero-order valence-electron chi connectivity index (χ0n) is 19.6. The maximum Gasteiger partial charge on any atom is 0.272 e. The standard InChI is InChI=1S/C25H30FN5O3/c1-4-17(21-13-34-10-9-27-21)23-28-18(22(31-23)14(2)3)12-20-25(33)29-19(24(32)30-20)11-15-5-7-16(26)8-6-15/h5-8,11-12,14,17,21,27H,4,9-10,13H2,1-3H3,(H,28,31)(H,29,33)(H,30,32)/b19-11-,20-12-. The summed E-state index contributed by atoms with van der Waals surface area (Å²) in [7, 11) is 0. The first-order chi connectivity index (χ1) is 16.4. The molecule has 4 N–H and O–H groups in total. The largest absolute Gasteiger partial charge is 0.378 e. The van der Waals surface area contributed by atoms with Crippen molar-refractivity contribution in [2.45, 2.75) is 45.1 Å². The van der Waals surface area contributed by atoms with E-state index in [9.17, 15) is 14.0 Å². The molecule has 0 saturated carbocycles. The Morgan fingerprint density at radius 1 is 1.09 bits per heavy atom. The van der Waals surface area contributed by atoms with E-state index in [1.54, 1.807) is 6.08 Å². The maximum atomic E-state index is 13.1. The van der Waals surface area contributed by atoms with Crippen LogP contribution in [0, 0.1) is 5.82 Å². The van der Waals surface area contributed by atoms with Gasteiger partial charge in [-0.15, -0.1) is 0 Å². The van der Waals surface area contributed by atoms with E-state index >= 15 is 0 Å². The number of morpholine rings is 1. The molecule has 3 aromatic rings. The van der Waals surface area contributed by atoms with E-state index in [4.69, 9.17) is 9.72 Å². The van der Waals surface area contributed by atoms with Crippen molar-refractivity contribution in [2.24, 2.45) is 0 Å². The van der Waals surface area contributed by atoms with E-state index < -0.39 is 11.1 Å². The highest BCUT2D eigenvalue weighted by molar-refractivity contribution is 5.49. The first-order valence-corrected chi connectivity index (χ1v) is 11.6. The van der Waals surface area contributed by atoms with E-state index in [1.807, 2.05) is 13.8 Å². The van der Waals surface area contributed by atoms with Gasteiger partial charge in [0.25, 0.3) is 11.1 Å². The van der Waals surface area contributed by atoms with Crippen molar-refractivity contribution in [1.82, 2.24) is 25.3 Å². The molecule has 0 bridgehead atoms. The predicted octanol–water partition coefficient (Wildman–Crippen LogP) is 1.19. The summed E-state index contributed by atoms with van der Waals surface area (Å²) in [6, 6.07) is 5.80. The third-order valence-electron chi connectivity index (χ3n) is 6.03. The molecular weight excluding hydrogens is 437 g/mol. The number of nitrogens with one attached hydrogen (secondary N) is 4. The van der Waals surface area contributed by atoms with Crippen LogP contribution in [0.25, 0.3) is 12.2 Å². The van der Waals surface area contributed by atoms with Gasteiger partial charge in [-0.25, -0.2) is 9.37 Å². The van der Waals surface area contributed by atoms with Crippen LogP contribution in [0.2, 0.25) is 0 Å².